The van der Waals surface area contributed by atoms with Crippen LogP contribution >= 0.6 is 11.6 Å². The summed E-state index contributed by atoms with van der Waals surface area (Å²) in [6, 6.07) is 4.90. The zero-order chi connectivity index (χ0) is 12.4. The molecule has 0 amide bonds. The van der Waals surface area contributed by atoms with E-state index < -0.39 is 5.97 Å². The number of halogens is 1. The van der Waals surface area contributed by atoms with E-state index in [0.717, 1.165) is 19.5 Å². The van der Waals surface area contributed by atoms with Crippen molar-refractivity contribution in [2.75, 3.05) is 18.0 Å². The molecule has 0 saturated heterocycles. The fourth-order valence-electron chi connectivity index (χ4n) is 2.06. The molecule has 0 bridgehead atoms. The lowest BCUT2D eigenvalue weighted by Crippen LogP contribution is -2.30. The molecule has 2 rings (SSSR count). The van der Waals surface area contributed by atoms with Gasteiger partial charge in [0.05, 0.1) is 11.3 Å². The number of hydrogen-bond donors (Lipinski definition) is 1. The predicted molar refractivity (Wildman–Crippen MR) is 69.0 cm³/mol. The van der Waals surface area contributed by atoms with Gasteiger partial charge in [-0.1, -0.05) is 23.3 Å². The second kappa shape index (κ2) is 4.80. The van der Waals surface area contributed by atoms with E-state index in [-0.39, 0.29) is 0 Å². The molecule has 0 atom stereocenters. The lowest BCUT2D eigenvalue weighted by atomic mass is 10.1. The number of carboxylic acid groups (broad SMARTS) is 1. The van der Waals surface area contributed by atoms with E-state index in [1.54, 1.807) is 18.2 Å². The molecule has 0 aliphatic carbocycles. The Hall–Kier alpha value is -1.48. The number of benzene rings is 1. The molecule has 1 aromatic rings. The van der Waals surface area contributed by atoms with Crippen molar-refractivity contribution in [1.82, 2.24) is 0 Å². The maximum atomic E-state index is 11.2. The van der Waals surface area contributed by atoms with Crippen LogP contribution in [-0.4, -0.2) is 24.2 Å². The first-order valence-corrected chi connectivity index (χ1v) is 5.89. The van der Waals surface area contributed by atoms with Crippen LogP contribution in [0.25, 0.3) is 0 Å². The van der Waals surface area contributed by atoms with Crippen LogP contribution in [0.15, 0.2) is 29.8 Å². The van der Waals surface area contributed by atoms with Crippen LogP contribution in [0.4, 0.5) is 5.69 Å². The Balaban J connectivity index is 2.39. The molecule has 0 saturated carbocycles. The van der Waals surface area contributed by atoms with E-state index in [2.05, 4.69) is 17.9 Å². The lowest BCUT2D eigenvalue weighted by Gasteiger charge is -2.29. The third-order valence-electron chi connectivity index (χ3n) is 2.86. The van der Waals surface area contributed by atoms with Crippen LogP contribution in [0.3, 0.4) is 0 Å². The first kappa shape index (κ1) is 12.0. The minimum atomic E-state index is -0.913. The van der Waals surface area contributed by atoms with Gasteiger partial charge in [0.15, 0.2) is 0 Å². The van der Waals surface area contributed by atoms with Gasteiger partial charge in [-0.05, 0) is 31.5 Å². The van der Waals surface area contributed by atoms with Gasteiger partial charge in [0.25, 0.3) is 0 Å². The molecule has 17 heavy (non-hydrogen) atoms. The Morgan fingerprint density at radius 2 is 2.24 bits per heavy atom. The third kappa shape index (κ3) is 2.61. The highest BCUT2D eigenvalue weighted by molar-refractivity contribution is 6.31. The van der Waals surface area contributed by atoms with Crippen LogP contribution in [0, 0.1) is 0 Å². The van der Waals surface area contributed by atoms with Gasteiger partial charge < -0.3 is 10.0 Å². The summed E-state index contributed by atoms with van der Waals surface area (Å²) in [6.45, 7) is 3.65. The van der Waals surface area contributed by atoms with Crippen molar-refractivity contribution in [3.8, 4) is 0 Å². The highest BCUT2D eigenvalue weighted by Gasteiger charge is 2.18. The molecule has 1 aromatic carbocycles. The summed E-state index contributed by atoms with van der Waals surface area (Å²) in [5.41, 5.74) is 2.27. The summed E-state index contributed by atoms with van der Waals surface area (Å²) in [7, 11) is 0. The van der Waals surface area contributed by atoms with Crippen molar-refractivity contribution in [2.45, 2.75) is 13.3 Å². The summed E-state index contributed by atoms with van der Waals surface area (Å²) >= 11 is 5.94. The van der Waals surface area contributed by atoms with E-state index in [0.29, 0.717) is 16.3 Å². The summed E-state index contributed by atoms with van der Waals surface area (Å²) in [5.74, 6) is -0.913. The van der Waals surface area contributed by atoms with Crippen molar-refractivity contribution in [3.05, 3.63) is 40.4 Å². The number of carbonyl (C=O) groups is 1. The van der Waals surface area contributed by atoms with Crippen molar-refractivity contribution in [3.63, 3.8) is 0 Å². The number of nitrogens with zero attached hydrogens (tertiary/aromatic N) is 1. The van der Waals surface area contributed by atoms with Crippen LogP contribution in [0.2, 0.25) is 5.02 Å². The first-order chi connectivity index (χ1) is 8.08. The second-order valence-electron chi connectivity index (χ2n) is 4.23. The van der Waals surface area contributed by atoms with Gasteiger partial charge in [0, 0.05) is 18.1 Å². The van der Waals surface area contributed by atoms with Gasteiger partial charge in [-0.2, -0.15) is 0 Å². The average Bonchev–Trinajstić information content (AvgIpc) is 2.28. The predicted octanol–water partition coefficient (Wildman–Crippen LogP) is 3.19. The molecule has 0 fully saturated rings. The maximum Gasteiger partial charge on any atom is 0.337 e. The molecule has 0 aromatic heterocycles. The molecule has 0 unspecified atom stereocenters. The molecular weight excluding hydrogens is 238 g/mol. The van der Waals surface area contributed by atoms with Crippen LogP contribution < -0.4 is 4.90 Å². The largest absolute Gasteiger partial charge is 0.478 e. The van der Waals surface area contributed by atoms with E-state index in [4.69, 9.17) is 16.7 Å². The molecule has 0 radical (unpaired) electrons. The van der Waals surface area contributed by atoms with Crippen LogP contribution in [0.5, 0.6) is 0 Å². The highest BCUT2D eigenvalue weighted by Crippen LogP contribution is 2.27. The lowest BCUT2D eigenvalue weighted by molar-refractivity contribution is 0.0697. The Bertz CT molecular complexity index is 482. The minimum Gasteiger partial charge on any atom is -0.478 e. The maximum absolute atomic E-state index is 11.2. The number of hydrogen-bond acceptors (Lipinski definition) is 2. The molecule has 0 spiro atoms. The van der Waals surface area contributed by atoms with E-state index in [9.17, 15) is 4.79 Å². The highest BCUT2D eigenvalue weighted by atomic mass is 35.5. The molecule has 90 valence electrons. The second-order valence-corrected chi connectivity index (χ2v) is 4.66. The van der Waals surface area contributed by atoms with Gasteiger partial charge in [-0.3, -0.25) is 0 Å². The SMILES string of the molecule is CC1=CCCN(c2cc(Cl)ccc2C(=O)O)C1. The number of anilines is 1. The van der Waals surface area contributed by atoms with E-state index in [1.165, 1.54) is 5.57 Å². The third-order valence-corrected chi connectivity index (χ3v) is 3.10. The first-order valence-electron chi connectivity index (χ1n) is 5.51. The van der Waals surface area contributed by atoms with E-state index in [1.807, 2.05) is 0 Å². The van der Waals surface area contributed by atoms with Crippen molar-refractivity contribution < 1.29 is 9.90 Å². The van der Waals surface area contributed by atoms with E-state index >= 15 is 0 Å². The average molecular weight is 252 g/mol. The Kier molecular flexibility index (Phi) is 3.38. The number of aromatic carboxylic acids is 1. The van der Waals surface area contributed by atoms with Gasteiger partial charge in [0.1, 0.15) is 0 Å². The standard InChI is InChI=1S/C13H14ClNO2/c1-9-3-2-6-15(8-9)12-7-10(14)4-5-11(12)13(16)17/h3-5,7H,2,6,8H2,1H3,(H,16,17). The molecule has 1 aliphatic heterocycles. The molecule has 1 aliphatic rings. The van der Waals surface area contributed by atoms with Crippen LogP contribution in [-0.2, 0) is 0 Å². The summed E-state index contributed by atoms with van der Waals surface area (Å²) in [5, 5.41) is 9.74. The Morgan fingerprint density at radius 1 is 1.47 bits per heavy atom. The topological polar surface area (TPSA) is 40.5 Å². The van der Waals surface area contributed by atoms with Crippen molar-refractivity contribution in [1.29, 1.82) is 0 Å². The zero-order valence-electron chi connectivity index (χ0n) is 9.61. The van der Waals surface area contributed by atoms with Gasteiger partial charge >= 0.3 is 5.97 Å². The van der Waals surface area contributed by atoms with Gasteiger partial charge in [-0.25, -0.2) is 4.79 Å². The number of carboxylic acids is 1. The molecule has 4 heteroatoms. The van der Waals surface area contributed by atoms with Crippen LogP contribution in [0.1, 0.15) is 23.7 Å². The summed E-state index contributed by atoms with van der Waals surface area (Å²) in [4.78, 5) is 13.2. The minimum absolute atomic E-state index is 0.309. The van der Waals surface area contributed by atoms with Crippen molar-refractivity contribution >= 4 is 23.3 Å². The quantitative estimate of drug-likeness (QED) is 0.821. The fourth-order valence-corrected chi connectivity index (χ4v) is 2.23. The Morgan fingerprint density at radius 3 is 2.88 bits per heavy atom. The summed E-state index contributed by atoms with van der Waals surface area (Å²) in [6.07, 6.45) is 3.12. The normalized spacial score (nSPS) is 15.6. The van der Waals surface area contributed by atoms with Gasteiger partial charge in [0.2, 0.25) is 0 Å². The monoisotopic (exact) mass is 251 g/mol. The summed E-state index contributed by atoms with van der Waals surface area (Å²) < 4.78 is 0. The fraction of sp³-hybridized carbons (Fsp3) is 0.308. The zero-order valence-corrected chi connectivity index (χ0v) is 10.4. The molecule has 1 heterocycles. The Labute approximate surface area is 105 Å². The number of rotatable bonds is 2. The van der Waals surface area contributed by atoms with Gasteiger partial charge in [-0.15, -0.1) is 0 Å². The van der Waals surface area contributed by atoms with Crippen molar-refractivity contribution in [2.24, 2.45) is 0 Å². The molecule has 1 N–H and O–H groups in total. The molecular formula is C13H14ClNO2. The smallest absolute Gasteiger partial charge is 0.337 e. The molecule has 3 nitrogen and oxygen atoms in total.